The molecule has 1 heterocycles. The van der Waals surface area contributed by atoms with Crippen molar-refractivity contribution in [3.05, 3.63) is 56.4 Å². The Morgan fingerprint density at radius 1 is 1.48 bits per heavy atom. The van der Waals surface area contributed by atoms with Gasteiger partial charge in [-0.25, -0.2) is 9.18 Å². The largest absolute Gasteiger partial charge is 0.465 e. The van der Waals surface area contributed by atoms with Crippen LogP contribution in [0.2, 0.25) is 0 Å². The summed E-state index contributed by atoms with van der Waals surface area (Å²) < 4.78 is 19.8. The third-order valence-corrected chi connectivity index (χ3v) is 4.23. The Bertz CT molecular complexity index is 604. The maximum Gasteiger partial charge on any atom is 0.327 e. The lowest BCUT2D eigenvalue weighted by atomic mass is 10.1. The van der Waals surface area contributed by atoms with Crippen molar-refractivity contribution in [2.24, 2.45) is 0 Å². The van der Waals surface area contributed by atoms with Gasteiger partial charge in [-0.15, -0.1) is 11.3 Å². The standard InChI is InChI=1S/C15H15BrFNO2S/c1-2-20-15(19)14(18-9-11-4-3-7-21-11)12-6-5-10(16)8-13(12)17/h3-8,14,18H,2,9H2,1H3. The van der Waals surface area contributed by atoms with Crippen molar-refractivity contribution in [3.63, 3.8) is 0 Å². The lowest BCUT2D eigenvalue weighted by Crippen LogP contribution is -2.30. The van der Waals surface area contributed by atoms with Gasteiger partial charge in [-0.2, -0.15) is 0 Å². The number of benzene rings is 1. The smallest absolute Gasteiger partial charge is 0.327 e. The Morgan fingerprint density at radius 3 is 2.90 bits per heavy atom. The van der Waals surface area contributed by atoms with E-state index in [2.05, 4.69) is 21.2 Å². The monoisotopic (exact) mass is 371 g/mol. The molecule has 1 aromatic heterocycles. The Kier molecular flexibility index (Phi) is 5.90. The zero-order valence-corrected chi connectivity index (χ0v) is 13.8. The zero-order chi connectivity index (χ0) is 15.2. The number of halogens is 2. The Hall–Kier alpha value is -1.24. The highest BCUT2D eigenvalue weighted by Crippen LogP contribution is 2.23. The molecule has 1 aromatic carbocycles. The van der Waals surface area contributed by atoms with Gasteiger partial charge in [0.1, 0.15) is 11.9 Å². The van der Waals surface area contributed by atoms with Crippen molar-refractivity contribution in [2.75, 3.05) is 6.61 Å². The first-order valence-electron chi connectivity index (χ1n) is 6.49. The van der Waals surface area contributed by atoms with Crippen LogP contribution >= 0.6 is 27.3 Å². The molecule has 0 bridgehead atoms. The van der Waals surface area contributed by atoms with Crippen LogP contribution in [0.5, 0.6) is 0 Å². The number of esters is 1. The summed E-state index contributed by atoms with van der Waals surface area (Å²) in [6.45, 7) is 2.47. The van der Waals surface area contributed by atoms with E-state index in [1.807, 2.05) is 17.5 Å². The molecule has 0 amide bonds. The molecule has 1 atom stereocenters. The van der Waals surface area contributed by atoms with Crippen LogP contribution in [0.15, 0.2) is 40.2 Å². The van der Waals surface area contributed by atoms with Gasteiger partial charge in [0.05, 0.1) is 6.61 Å². The summed E-state index contributed by atoms with van der Waals surface area (Å²) >= 11 is 4.78. The van der Waals surface area contributed by atoms with E-state index in [0.717, 1.165) is 4.88 Å². The van der Waals surface area contributed by atoms with Gasteiger partial charge < -0.3 is 4.74 Å². The Morgan fingerprint density at radius 2 is 2.29 bits per heavy atom. The van der Waals surface area contributed by atoms with Crippen molar-refractivity contribution >= 4 is 33.2 Å². The minimum atomic E-state index is -0.819. The third kappa shape index (κ3) is 4.36. The fourth-order valence-electron chi connectivity index (χ4n) is 1.90. The first-order chi connectivity index (χ1) is 10.1. The first-order valence-corrected chi connectivity index (χ1v) is 8.16. The quantitative estimate of drug-likeness (QED) is 0.778. The van der Waals surface area contributed by atoms with Crippen LogP contribution in [0, 0.1) is 5.82 Å². The van der Waals surface area contributed by atoms with E-state index >= 15 is 0 Å². The normalized spacial score (nSPS) is 12.1. The van der Waals surface area contributed by atoms with Crippen LogP contribution in [-0.2, 0) is 16.1 Å². The van der Waals surface area contributed by atoms with Gasteiger partial charge >= 0.3 is 5.97 Å². The highest BCUT2D eigenvalue weighted by molar-refractivity contribution is 9.10. The molecule has 0 spiro atoms. The minimum Gasteiger partial charge on any atom is -0.465 e. The third-order valence-electron chi connectivity index (χ3n) is 2.86. The molecule has 0 saturated carbocycles. The summed E-state index contributed by atoms with van der Waals surface area (Å²) in [4.78, 5) is 13.2. The van der Waals surface area contributed by atoms with Crippen LogP contribution in [0.25, 0.3) is 0 Å². The SMILES string of the molecule is CCOC(=O)C(NCc1cccs1)c1ccc(Br)cc1F. The van der Waals surface area contributed by atoms with Gasteiger partial charge in [-0.1, -0.05) is 28.1 Å². The maximum atomic E-state index is 14.1. The number of carbonyl (C=O) groups is 1. The second-order valence-corrected chi connectivity index (χ2v) is 6.26. The second kappa shape index (κ2) is 7.68. The molecule has 0 aliphatic carbocycles. The number of hydrogen-bond acceptors (Lipinski definition) is 4. The van der Waals surface area contributed by atoms with Crippen LogP contribution in [-0.4, -0.2) is 12.6 Å². The van der Waals surface area contributed by atoms with E-state index in [-0.39, 0.29) is 12.2 Å². The molecule has 0 radical (unpaired) electrons. The van der Waals surface area contributed by atoms with Crippen molar-refractivity contribution in [1.82, 2.24) is 5.32 Å². The first kappa shape index (κ1) is 16.1. The van der Waals surface area contributed by atoms with Gasteiger partial charge in [0, 0.05) is 21.5 Å². The van der Waals surface area contributed by atoms with Gasteiger partial charge in [0.15, 0.2) is 0 Å². The predicted molar refractivity (Wildman–Crippen MR) is 84.6 cm³/mol. The van der Waals surface area contributed by atoms with Gasteiger partial charge in [0.2, 0.25) is 0 Å². The van der Waals surface area contributed by atoms with Crippen LogP contribution in [0.1, 0.15) is 23.4 Å². The lowest BCUT2D eigenvalue weighted by molar-refractivity contribution is -0.146. The molecule has 1 N–H and O–H groups in total. The number of ether oxygens (including phenoxy) is 1. The van der Waals surface area contributed by atoms with E-state index < -0.39 is 17.8 Å². The lowest BCUT2D eigenvalue weighted by Gasteiger charge is -2.18. The molecular formula is C15H15BrFNO2S. The fourth-order valence-corrected chi connectivity index (χ4v) is 2.89. The van der Waals surface area contributed by atoms with Gasteiger partial charge in [-0.05, 0) is 30.5 Å². The number of rotatable bonds is 6. The molecule has 1 unspecified atom stereocenters. The minimum absolute atomic E-state index is 0.258. The molecule has 21 heavy (non-hydrogen) atoms. The van der Waals surface area contributed by atoms with E-state index in [1.54, 1.807) is 30.4 Å². The summed E-state index contributed by atoms with van der Waals surface area (Å²) in [5.74, 6) is -0.920. The van der Waals surface area contributed by atoms with Crippen molar-refractivity contribution in [2.45, 2.75) is 19.5 Å². The van der Waals surface area contributed by atoms with Crippen molar-refractivity contribution in [1.29, 1.82) is 0 Å². The summed E-state index contributed by atoms with van der Waals surface area (Å²) in [5.41, 5.74) is 0.285. The van der Waals surface area contributed by atoms with E-state index in [0.29, 0.717) is 11.0 Å². The topological polar surface area (TPSA) is 38.3 Å². The number of carbonyl (C=O) groups excluding carboxylic acids is 1. The molecular weight excluding hydrogens is 357 g/mol. The van der Waals surface area contributed by atoms with Crippen LogP contribution in [0.4, 0.5) is 4.39 Å². The number of nitrogens with one attached hydrogen (secondary N) is 1. The average Bonchev–Trinajstić information content (AvgIpc) is 2.94. The van der Waals surface area contributed by atoms with E-state index in [1.165, 1.54) is 6.07 Å². The number of thiophene rings is 1. The Balaban J connectivity index is 2.20. The van der Waals surface area contributed by atoms with Gasteiger partial charge in [0.25, 0.3) is 0 Å². The van der Waals surface area contributed by atoms with Crippen LogP contribution < -0.4 is 5.32 Å². The molecule has 0 aliphatic heterocycles. The summed E-state index contributed by atoms with van der Waals surface area (Å²) in [5, 5.41) is 5.02. The predicted octanol–water partition coefficient (Wildman–Crippen LogP) is 4.04. The fraction of sp³-hybridized carbons (Fsp3) is 0.267. The average molecular weight is 372 g/mol. The summed E-state index contributed by atoms with van der Waals surface area (Å²) in [7, 11) is 0. The highest BCUT2D eigenvalue weighted by atomic mass is 79.9. The van der Waals surface area contributed by atoms with E-state index in [4.69, 9.17) is 4.74 Å². The number of hydrogen-bond donors (Lipinski definition) is 1. The van der Waals surface area contributed by atoms with Gasteiger partial charge in [-0.3, -0.25) is 5.32 Å². The second-order valence-electron chi connectivity index (χ2n) is 4.31. The molecule has 6 heteroatoms. The van der Waals surface area contributed by atoms with E-state index in [9.17, 15) is 9.18 Å². The molecule has 112 valence electrons. The molecule has 0 fully saturated rings. The molecule has 0 aliphatic rings. The molecule has 3 nitrogen and oxygen atoms in total. The Labute approximate surface area is 135 Å². The molecule has 2 rings (SSSR count). The maximum absolute atomic E-state index is 14.1. The molecule has 2 aromatic rings. The zero-order valence-electron chi connectivity index (χ0n) is 11.4. The summed E-state index contributed by atoms with van der Waals surface area (Å²) in [6, 6.07) is 7.70. The van der Waals surface area contributed by atoms with Crippen molar-refractivity contribution in [3.8, 4) is 0 Å². The highest BCUT2D eigenvalue weighted by Gasteiger charge is 2.24. The van der Waals surface area contributed by atoms with Crippen LogP contribution in [0.3, 0.4) is 0 Å². The molecule has 0 saturated heterocycles. The van der Waals surface area contributed by atoms with Crippen molar-refractivity contribution < 1.29 is 13.9 Å². The summed E-state index contributed by atoms with van der Waals surface area (Å²) in [6.07, 6.45) is 0.